The zero-order chi connectivity index (χ0) is 37.9. The van der Waals surface area contributed by atoms with Crippen LogP contribution in [0.25, 0.3) is 24.3 Å². The summed E-state index contributed by atoms with van der Waals surface area (Å²) in [5.41, 5.74) is 9.59. The predicted molar refractivity (Wildman–Crippen MR) is 226 cm³/mol. The number of halogens is 4. The van der Waals surface area contributed by atoms with Crippen LogP contribution in [0.1, 0.15) is 82.3 Å². The molecule has 2 saturated heterocycles. The third kappa shape index (κ3) is 8.18. The van der Waals surface area contributed by atoms with E-state index in [-0.39, 0.29) is 17.9 Å². The molecule has 0 saturated carbocycles. The van der Waals surface area contributed by atoms with Crippen molar-refractivity contribution in [3.8, 4) is 0 Å². The van der Waals surface area contributed by atoms with Gasteiger partial charge in [-0.2, -0.15) is 0 Å². The number of carbonyl (C=O) groups is 1. The summed E-state index contributed by atoms with van der Waals surface area (Å²) in [5, 5.41) is 9.32. The van der Waals surface area contributed by atoms with Crippen molar-refractivity contribution >= 4 is 82.4 Å². The summed E-state index contributed by atoms with van der Waals surface area (Å²) >= 11 is 25.5. The van der Waals surface area contributed by atoms with Gasteiger partial charge in [-0.15, -0.1) is 0 Å². The molecule has 55 heavy (non-hydrogen) atoms. The smallest absolute Gasteiger partial charge is 0.321 e. The SMILES string of the molecule is Clc1ccc2c(c1)C=Cc1c(Cl)ccnc1C2C1CCNCC1.O=C(Nc1cccnc1)N1CCC(C2c3ccc(Cl)cc3C=Cc3c(Cl)ccnc32)CC1. The van der Waals surface area contributed by atoms with Gasteiger partial charge < -0.3 is 15.5 Å². The van der Waals surface area contributed by atoms with Gasteiger partial charge in [0.15, 0.2) is 0 Å². The maximum absolute atomic E-state index is 12.7. The van der Waals surface area contributed by atoms with Crippen molar-refractivity contribution in [3.63, 3.8) is 0 Å². The van der Waals surface area contributed by atoms with Crippen LogP contribution in [0.2, 0.25) is 20.1 Å². The highest BCUT2D eigenvalue weighted by atomic mass is 35.5. The Morgan fingerprint density at radius 2 is 1.22 bits per heavy atom. The molecule has 9 rings (SSSR count). The number of benzene rings is 2. The number of rotatable bonds is 3. The summed E-state index contributed by atoms with van der Waals surface area (Å²) in [6.45, 7) is 3.49. The molecule has 2 amide bonds. The Balaban J connectivity index is 0.000000164. The average molecular weight is 811 g/mol. The van der Waals surface area contributed by atoms with E-state index in [1.54, 1.807) is 24.7 Å². The number of hydrogen-bond acceptors (Lipinski definition) is 5. The summed E-state index contributed by atoms with van der Waals surface area (Å²) in [6, 6.07) is 19.5. The lowest BCUT2D eigenvalue weighted by molar-refractivity contribution is 0.177. The number of urea groups is 1. The molecule has 0 spiro atoms. The Morgan fingerprint density at radius 3 is 1.75 bits per heavy atom. The molecule has 4 aliphatic rings. The van der Waals surface area contributed by atoms with Crippen molar-refractivity contribution in [3.05, 3.63) is 150 Å². The van der Waals surface area contributed by atoms with Crippen LogP contribution in [0.3, 0.4) is 0 Å². The second-order valence-corrected chi connectivity index (χ2v) is 16.1. The summed E-state index contributed by atoms with van der Waals surface area (Å²) in [7, 11) is 0. The Hall–Kier alpha value is -4.24. The second-order valence-electron chi connectivity index (χ2n) is 14.4. The van der Waals surface area contributed by atoms with Gasteiger partial charge in [0.25, 0.3) is 0 Å². The van der Waals surface area contributed by atoms with Crippen molar-refractivity contribution in [2.75, 3.05) is 31.5 Å². The van der Waals surface area contributed by atoms with Crippen LogP contribution in [0.15, 0.2) is 85.5 Å². The van der Waals surface area contributed by atoms with E-state index in [0.717, 1.165) is 76.9 Å². The van der Waals surface area contributed by atoms with E-state index in [9.17, 15) is 4.79 Å². The van der Waals surface area contributed by atoms with Crippen LogP contribution >= 0.6 is 46.4 Å². The number of fused-ring (bicyclic) bond motifs is 4. The highest BCUT2D eigenvalue weighted by molar-refractivity contribution is 6.33. The fraction of sp³-hybridized carbons (Fsp3) is 0.273. The number of hydrogen-bond donors (Lipinski definition) is 2. The van der Waals surface area contributed by atoms with Gasteiger partial charge in [-0.25, -0.2) is 4.79 Å². The minimum absolute atomic E-state index is 0.0901. The minimum atomic E-state index is -0.0901. The zero-order valence-electron chi connectivity index (χ0n) is 30.1. The molecule has 2 fully saturated rings. The maximum atomic E-state index is 12.7. The summed E-state index contributed by atoms with van der Waals surface area (Å²) in [4.78, 5) is 28.1. The predicted octanol–water partition coefficient (Wildman–Crippen LogP) is 11.3. The number of amides is 2. The lowest BCUT2D eigenvalue weighted by Gasteiger charge is -2.36. The number of piperidine rings is 2. The van der Waals surface area contributed by atoms with Gasteiger partial charge in [-0.05, 0) is 121 Å². The van der Waals surface area contributed by atoms with Gasteiger partial charge in [0.1, 0.15) is 0 Å². The summed E-state index contributed by atoms with van der Waals surface area (Å²) in [5.74, 6) is 1.27. The van der Waals surface area contributed by atoms with Gasteiger partial charge in [-0.1, -0.05) is 82.8 Å². The van der Waals surface area contributed by atoms with E-state index in [1.165, 1.54) is 16.7 Å². The van der Waals surface area contributed by atoms with Crippen molar-refractivity contribution in [2.24, 2.45) is 11.8 Å². The molecule has 0 bridgehead atoms. The fourth-order valence-corrected chi connectivity index (χ4v) is 9.34. The molecule has 5 heterocycles. The van der Waals surface area contributed by atoms with Crippen LogP contribution in [-0.2, 0) is 0 Å². The maximum Gasteiger partial charge on any atom is 0.321 e. The third-order valence-electron chi connectivity index (χ3n) is 11.2. The first-order valence-electron chi connectivity index (χ1n) is 18.7. The molecular weight excluding hydrogens is 770 g/mol. The van der Waals surface area contributed by atoms with Crippen LogP contribution in [0.4, 0.5) is 10.5 Å². The summed E-state index contributed by atoms with van der Waals surface area (Å²) < 4.78 is 0. The number of likely N-dealkylation sites (tertiary alicyclic amines) is 1. The van der Waals surface area contributed by atoms with E-state index in [1.807, 2.05) is 59.6 Å². The summed E-state index contributed by atoms with van der Waals surface area (Å²) in [6.07, 6.45) is 19.3. The monoisotopic (exact) mass is 808 g/mol. The van der Waals surface area contributed by atoms with Crippen LogP contribution < -0.4 is 10.6 Å². The number of nitrogens with one attached hydrogen (secondary N) is 2. The minimum Gasteiger partial charge on any atom is -0.325 e. The number of carbonyl (C=O) groups excluding carboxylic acids is 1. The van der Waals surface area contributed by atoms with E-state index in [2.05, 4.69) is 46.0 Å². The van der Waals surface area contributed by atoms with E-state index in [0.29, 0.717) is 40.7 Å². The molecule has 5 aromatic rings. The third-order valence-corrected chi connectivity index (χ3v) is 12.3. The Kier molecular flexibility index (Phi) is 11.6. The second kappa shape index (κ2) is 16.9. The lowest BCUT2D eigenvalue weighted by atomic mass is 9.76. The van der Waals surface area contributed by atoms with Gasteiger partial charge in [0, 0.05) is 64.7 Å². The van der Waals surface area contributed by atoms with Crippen LogP contribution in [-0.4, -0.2) is 52.1 Å². The fourth-order valence-electron chi connectivity index (χ4n) is 8.55. The highest BCUT2D eigenvalue weighted by Gasteiger charge is 2.35. The molecule has 11 heteroatoms. The molecule has 3 aromatic heterocycles. The number of aromatic nitrogens is 3. The van der Waals surface area contributed by atoms with Gasteiger partial charge in [-0.3, -0.25) is 15.0 Å². The number of pyridine rings is 3. The van der Waals surface area contributed by atoms with Crippen molar-refractivity contribution in [1.29, 1.82) is 0 Å². The zero-order valence-corrected chi connectivity index (χ0v) is 33.1. The first kappa shape index (κ1) is 37.7. The molecule has 2 N–H and O–H groups in total. The van der Waals surface area contributed by atoms with Gasteiger partial charge in [0.05, 0.1) is 33.3 Å². The van der Waals surface area contributed by atoms with Crippen LogP contribution in [0.5, 0.6) is 0 Å². The number of anilines is 1. The molecule has 2 aliphatic heterocycles. The Bertz CT molecular complexity index is 2250. The molecule has 2 aromatic carbocycles. The van der Waals surface area contributed by atoms with Gasteiger partial charge >= 0.3 is 6.03 Å². The van der Waals surface area contributed by atoms with Crippen molar-refractivity contribution in [2.45, 2.75) is 37.5 Å². The van der Waals surface area contributed by atoms with Crippen molar-refractivity contribution in [1.82, 2.24) is 25.2 Å². The molecule has 2 unspecified atom stereocenters. The molecule has 7 nitrogen and oxygen atoms in total. The van der Waals surface area contributed by atoms with Crippen LogP contribution in [0, 0.1) is 11.8 Å². The Morgan fingerprint density at radius 1 is 0.673 bits per heavy atom. The highest BCUT2D eigenvalue weighted by Crippen LogP contribution is 2.45. The molecule has 0 radical (unpaired) electrons. The normalized spacial score (nSPS) is 19.1. The largest absolute Gasteiger partial charge is 0.325 e. The van der Waals surface area contributed by atoms with E-state index in [4.69, 9.17) is 56.4 Å². The number of nitrogens with zero attached hydrogens (tertiary/aromatic N) is 4. The molecule has 2 aliphatic carbocycles. The quantitative estimate of drug-likeness (QED) is 0.190. The topological polar surface area (TPSA) is 83.0 Å². The van der Waals surface area contributed by atoms with E-state index >= 15 is 0 Å². The Labute approximate surface area is 341 Å². The average Bonchev–Trinajstić information content (AvgIpc) is 3.47. The molecule has 2 atom stereocenters. The van der Waals surface area contributed by atoms with E-state index < -0.39 is 0 Å². The first-order valence-corrected chi connectivity index (χ1v) is 20.3. The molecular formula is C44H40Cl4N6O. The van der Waals surface area contributed by atoms with Gasteiger partial charge in [0.2, 0.25) is 0 Å². The lowest BCUT2D eigenvalue weighted by Crippen LogP contribution is -2.42. The standard InChI is InChI=1S/C25H22Cl2N4O.C19H18Cl2N2/c26-18-4-6-20-17(14-18)3-5-21-22(27)7-11-29-24(21)23(20)16-8-12-31(13-9-16)25(32)30-19-2-1-10-28-15-19;20-14-2-4-15-13(11-14)1-3-16-17(21)7-10-23-19(16)18(15)12-5-8-22-9-6-12/h1-7,10-11,14-16,23H,8-9,12-13H2,(H,30,32);1-4,7,10-12,18,22H,5-6,8-9H2. The first-order chi connectivity index (χ1) is 26.8. The van der Waals surface area contributed by atoms with Crippen molar-refractivity contribution < 1.29 is 4.79 Å². The molecule has 280 valence electrons.